The van der Waals surface area contributed by atoms with E-state index in [2.05, 4.69) is 10.1 Å². The fourth-order valence-corrected chi connectivity index (χ4v) is 2.27. The molecule has 0 atom stereocenters. The summed E-state index contributed by atoms with van der Waals surface area (Å²) in [4.78, 5) is 21.6. The maximum atomic E-state index is 10.8. The van der Waals surface area contributed by atoms with Crippen LogP contribution < -0.4 is 5.32 Å². The lowest BCUT2D eigenvalue weighted by molar-refractivity contribution is -0.141. The number of rotatable bonds is 7. The first-order valence-electron chi connectivity index (χ1n) is 9.04. The Morgan fingerprint density at radius 2 is 1.80 bits per heavy atom. The summed E-state index contributed by atoms with van der Waals surface area (Å²) < 4.78 is 15.1. The second-order valence-electron chi connectivity index (χ2n) is 6.96. The van der Waals surface area contributed by atoms with Crippen LogP contribution >= 0.6 is 0 Å². The molecule has 1 amide bonds. The Kier molecular flexibility index (Phi) is 13.2. The van der Waals surface area contributed by atoms with Crippen molar-refractivity contribution in [2.75, 3.05) is 26.9 Å². The number of alkyl carbamates (subject to hydrolysis) is 1. The molecule has 0 radical (unpaired) electrons. The number of aliphatic hydroxyl groups is 1. The summed E-state index contributed by atoms with van der Waals surface area (Å²) in [5.74, 6) is -0.141. The quantitative estimate of drug-likeness (QED) is 0.535. The second kappa shape index (κ2) is 13.9. The molecule has 0 bridgehead atoms. The third-order valence-corrected chi connectivity index (χ3v) is 3.44. The van der Waals surface area contributed by atoms with Gasteiger partial charge in [0.15, 0.2) is 0 Å². The molecule has 7 nitrogen and oxygen atoms in total. The minimum absolute atomic E-state index is 0.0702. The first-order chi connectivity index (χ1) is 11.8. The van der Waals surface area contributed by atoms with Gasteiger partial charge < -0.3 is 24.6 Å². The van der Waals surface area contributed by atoms with Crippen LogP contribution in [0.4, 0.5) is 4.79 Å². The fourth-order valence-electron chi connectivity index (χ4n) is 2.27. The highest BCUT2D eigenvalue weighted by atomic mass is 16.6. The molecule has 7 heteroatoms. The van der Waals surface area contributed by atoms with Gasteiger partial charge in [-0.15, -0.1) is 0 Å². The van der Waals surface area contributed by atoms with E-state index in [9.17, 15) is 9.59 Å². The molecule has 2 N–H and O–H groups in total. The summed E-state index contributed by atoms with van der Waals surface area (Å²) in [5, 5.41) is 10.7. The minimum atomic E-state index is -0.494. The van der Waals surface area contributed by atoms with E-state index in [1.54, 1.807) is 20.8 Å². The van der Waals surface area contributed by atoms with E-state index >= 15 is 0 Å². The van der Waals surface area contributed by atoms with Crippen molar-refractivity contribution >= 4 is 12.1 Å². The second-order valence-corrected chi connectivity index (χ2v) is 6.96. The number of methoxy groups -OCH3 is 1. The first kappa shape index (κ1) is 23.7. The number of ether oxygens (including phenoxy) is 3. The van der Waals surface area contributed by atoms with E-state index in [0.717, 1.165) is 6.42 Å². The number of hydrogen-bond donors (Lipinski definition) is 2. The molecular formula is C18H35NO6. The molecule has 0 heterocycles. The van der Waals surface area contributed by atoms with Crippen LogP contribution in [0.25, 0.3) is 0 Å². The predicted octanol–water partition coefficient (Wildman–Crippen LogP) is 2.79. The fraction of sp³-hybridized carbons (Fsp3) is 0.889. The largest absolute Gasteiger partial charge is 0.469 e. The van der Waals surface area contributed by atoms with Crippen molar-refractivity contribution in [2.45, 2.75) is 77.4 Å². The van der Waals surface area contributed by atoms with E-state index in [0.29, 0.717) is 19.1 Å². The number of carbonyl (C=O) groups is 2. The van der Waals surface area contributed by atoms with Crippen molar-refractivity contribution in [3.63, 3.8) is 0 Å². The van der Waals surface area contributed by atoms with Gasteiger partial charge >= 0.3 is 12.1 Å². The van der Waals surface area contributed by atoms with Gasteiger partial charge in [-0.05, 0) is 40.0 Å². The standard InChI is InChI=1S/C11H20O3.C7H15NO3/c1-13-11(12)8-5-9-14-10-6-3-2-4-7-10;1-7(2,3)11-6(10)8-4-5-9/h10H,2-9H2,1H3;9H,4-5H2,1-3H3,(H,8,10). The van der Waals surface area contributed by atoms with Crippen molar-refractivity contribution in [1.29, 1.82) is 0 Å². The smallest absolute Gasteiger partial charge is 0.407 e. The van der Waals surface area contributed by atoms with E-state index < -0.39 is 11.7 Å². The Balaban J connectivity index is 0.000000477. The topological polar surface area (TPSA) is 94.1 Å². The molecule has 0 spiro atoms. The van der Waals surface area contributed by atoms with Crippen molar-refractivity contribution < 1.29 is 28.9 Å². The number of aliphatic hydroxyl groups excluding tert-OH is 1. The average Bonchev–Trinajstić information content (AvgIpc) is 2.56. The Bertz CT molecular complexity index is 361. The lowest BCUT2D eigenvalue weighted by Crippen LogP contribution is -2.33. The van der Waals surface area contributed by atoms with Crippen LogP contribution in [0.3, 0.4) is 0 Å². The molecule has 1 fully saturated rings. The van der Waals surface area contributed by atoms with Crippen molar-refractivity contribution in [1.82, 2.24) is 5.32 Å². The van der Waals surface area contributed by atoms with E-state index in [1.165, 1.54) is 39.2 Å². The Morgan fingerprint density at radius 1 is 1.16 bits per heavy atom. The van der Waals surface area contributed by atoms with E-state index in [-0.39, 0.29) is 19.1 Å². The number of carbonyl (C=O) groups excluding carboxylic acids is 2. The normalized spacial score (nSPS) is 14.9. The zero-order chi connectivity index (χ0) is 19.1. The number of esters is 1. The Morgan fingerprint density at radius 3 is 2.32 bits per heavy atom. The lowest BCUT2D eigenvalue weighted by atomic mass is 9.98. The van der Waals surface area contributed by atoms with Crippen LogP contribution in [0.5, 0.6) is 0 Å². The maximum absolute atomic E-state index is 10.8. The molecular weight excluding hydrogens is 326 g/mol. The van der Waals surface area contributed by atoms with E-state index in [1.807, 2.05) is 0 Å². The summed E-state index contributed by atoms with van der Waals surface area (Å²) in [6.45, 7) is 6.20. The van der Waals surface area contributed by atoms with Crippen LogP contribution in [-0.4, -0.2) is 55.7 Å². The molecule has 148 valence electrons. The highest BCUT2D eigenvalue weighted by Crippen LogP contribution is 2.20. The SMILES string of the molecule is CC(C)(C)OC(=O)NCCO.COC(=O)CCCOC1CCCCC1. The molecule has 0 saturated heterocycles. The molecule has 0 unspecified atom stereocenters. The number of hydrogen-bond acceptors (Lipinski definition) is 6. The third kappa shape index (κ3) is 15.9. The molecule has 0 aliphatic heterocycles. The first-order valence-corrected chi connectivity index (χ1v) is 9.04. The third-order valence-electron chi connectivity index (χ3n) is 3.44. The predicted molar refractivity (Wildman–Crippen MR) is 95.4 cm³/mol. The molecule has 25 heavy (non-hydrogen) atoms. The summed E-state index contributed by atoms with van der Waals surface area (Å²) >= 11 is 0. The summed E-state index contributed by atoms with van der Waals surface area (Å²) in [6.07, 6.45) is 7.53. The van der Waals surface area contributed by atoms with Crippen LogP contribution in [0.15, 0.2) is 0 Å². The van der Waals surface area contributed by atoms with Crippen molar-refractivity contribution in [3.05, 3.63) is 0 Å². The molecule has 0 aromatic heterocycles. The van der Waals surface area contributed by atoms with Gasteiger partial charge in [0, 0.05) is 19.6 Å². The summed E-state index contributed by atoms with van der Waals surface area (Å²) in [6, 6.07) is 0. The van der Waals surface area contributed by atoms with Gasteiger partial charge in [-0.1, -0.05) is 19.3 Å². The molecule has 1 aliphatic carbocycles. The molecule has 1 aliphatic rings. The Hall–Kier alpha value is -1.34. The highest BCUT2D eigenvalue weighted by Gasteiger charge is 2.15. The maximum Gasteiger partial charge on any atom is 0.407 e. The zero-order valence-corrected chi connectivity index (χ0v) is 16.1. The average molecular weight is 361 g/mol. The minimum Gasteiger partial charge on any atom is -0.469 e. The van der Waals surface area contributed by atoms with Crippen LogP contribution in [-0.2, 0) is 19.0 Å². The van der Waals surface area contributed by atoms with Gasteiger partial charge in [0.1, 0.15) is 5.60 Å². The molecule has 1 saturated carbocycles. The number of amides is 1. The van der Waals surface area contributed by atoms with Gasteiger partial charge in [-0.25, -0.2) is 4.79 Å². The Labute approximate surface area is 151 Å². The van der Waals surface area contributed by atoms with Crippen molar-refractivity contribution in [3.8, 4) is 0 Å². The van der Waals surface area contributed by atoms with E-state index in [4.69, 9.17) is 14.6 Å². The number of nitrogens with one attached hydrogen (secondary N) is 1. The molecule has 0 aromatic rings. The van der Waals surface area contributed by atoms with Crippen LogP contribution in [0.1, 0.15) is 65.7 Å². The molecule has 1 rings (SSSR count). The van der Waals surface area contributed by atoms with Gasteiger partial charge in [-0.3, -0.25) is 4.79 Å². The summed E-state index contributed by atoms with van der Waals surface area (Å²) in [7, 11) is 1.42. The van der Waals surface area contributed by atoms with Gasteiger partial charge in [0.2, 0.25) is 0 Å². The van der Waals surface area contributed by atoms with Gasteiger partial charge in [0.25, 0.3) is 0 Å². The van der Waals surface area contributed by atoms with Crippen molar-refractivity contribution in [2.24, 2.45) is 0 Å². The van der Waals surface area contributed by atoms with Crippen LogP contribution in [0, 0.1) is 0 Å². The monoisotopic (exact) mass is 361 g/mol. The molecule has 0 aromatic carbocycles. The zero-order valence-electron chi connectivity index (χ0n) is 16.1. The summed E-state index contributed by atoms with van der Waals surface area (Å²) in [5.41, 5.74) is -0.473. The lowest BCUT2D eigenvalue weighted by Gasteiger charge is -2.21. The van der Waals surface area contributed by atoms with Gasteiger partial charge in [-0.2, -0.15) is 0 Å². The highest BCUT2D eigenvalue weighted by molar-refractivity contribution is 5.69. The van der Waals surface area contributed by atoms with Crippen LogP contribution in [0.2, 0.25) is 0 Å². The van der Waals surface area contributed by atoms with Gasteiger partial charge in [0.05, 0.1) is 19.8 Å².